The molecular weight excluding hydrogens is 546 g/mol. The van der Waals surface area contributed by atoms with E-state index in [9.17, 15) is 8.78 Å². The quantitative estimate of drug-likeness (QED) is 0.163. The first-order chi connectivity index (χ1) is 20.3. The average Bonchev–Trinajstić information content (AvgIpc) is 3.54. The zero-order chi connectivity index (χ0) is 29.6. The molecule has 2 aliphatic heterocycles. The van der Waals surface area contributed by atoms with E-state index in [0.29, 0.717) is 5.39 Å². The molecule has 0 amide bonds. The predicted molar refractivity (Wildman–Crippen MR) is 154 cm³/mol. The van der Waals surface area contributed by atoms with Crippen LogP contribution in [0.15, 0.2) is 36.4 Å². The summed E-state index contributed by atoms with van der Waals surface area (Å²) < 4.78 is 72.6. The smallest absolute Gasteiger partial charge is 0.320 e. The van der Waals surface area contributed by atoms with Crippen LogP contribution in [0.1, 0.15) is 45.1 Å². The van der Waals surface area contributed by atoms with Gasteiger partial charge in [0.05, 0.1) is 28.7 Å². The molecule has 0 spiro atoms. The van der Waals surface area contributed by atoms with Gasteiger partial charge in [-0.2, -0.15) is 9.97 Å². The Morgan fingerprint density at radius 2 is 1.93 bits per heavy atom. The van der Waals surface area contributed by atoms with Gasteiger partial charge in [-0.25, -0.2) is 17.6 Å². The van der Waals surface area contributed by atoms with Crippen molar-refractivity contribution < 1.29 is 27.0 Å². The Bertz CT molecular complexity index is 1720. The van der Waals surface area contributed by atoms with Crippen molar-refractivity contribution in [3.63, 3.8) is 0 Å². The molecule has 42 heavy (non-hydrogen) atoms. The Morgan fingerprint density at radius 1 is 1.10 bits per heavy atom. The van der Waals surface area contributed by atoms with Crippen LogP contribution in [0.5, 0.6) is 11.9 Å². The Balaban J connectivity index is 1.48. The van der Waals surface area contributed by atoms with Crippen LogP contribution < -0.4 is 9.47 Å². The van der Waals surface area contributed by atoms with Crippen molar-refractivity contribution in [3.8, 4) is 35.4 Å². The predicted octanol–water partition coefficient (Wildman–Crippen LogP) is 7.23. The van der Waals surface area contributed by atoms with Crippen molar-refractivity contribution in [2.24, 2.45) is 5.92 Å². The molecule has 0 unspecified atom stereocenters. The number of hydrogen-bond donors (Lipinski definition) is 0. The maximum Gasteiger partial charge on any atom is 0.320 e. The lowest BCUT2D eigenvalue weighted by Crippen LogP contribution is -2.47. The highest BCUT2D eigenvalue weighted by Crippen LogP contribution is 2.43. The van der Waals surface area contributed by atoms with E-state index < -0.39 is 29.7 Å². The molecule has 0 bridgehead atoms. The maximum atomic E-state index is 16.5. The fourth-order valence-corrected chi connectivity index (χ4v) is 6.49. The van der Waals surface area contributed by atoms with Crippen LogP contribution in [0.25, 0.3) is 32.8 Å². The average molecular weight is 578 g/mol. The number of alkyl halides is 1. The summed E-state index contributed by atoms with van der Waals surface area (Å²) in [7, 11) is 0. The van der Waals surface area contributed by atoms with Crippen molar-refractivity contribution in [1.29, 1.82) is 0 Å². The number of benzene rings is 3. The minimum Gasteiger partial charge on any atom is -0.477 e. The van der Waals surface area contributed by atoms with Crippen LogP contribution in [0, 0.1) is 35.7 Å². The first-order valence-corrected chi connectivity index (χ1v) is 14.2. The van der Waals surface area contributed by atoms with Gasteiger partial charge in [0.15, 0.2) is 5.82 Å². The molecule has 2 saturated heterocycles. The van der Waals surface area contributed by atoms with Crippen molar-refractivity contribution >= 4 is 21.7 Å². The summed E-state index contributed by atoms with van der Waals surface area (Å²) in [5.74, 6) is -0.0889. The largest absolute Gasteiger partial charge is 0.477 e. The monoisotopic (exact) mass is 577 g/mol. The molecule has 218 valence electrons. The third-order valence-electron chi connectivity index (χ3n) is 8.47. The van der Waals surface area contributed by atoms with Gasteiger partial charge < -0.3 is 9.47 Å². The van der Waals surface area contributed by atoms with Gasteiger partial charge in [0, 0.05) is 11.4 Å². The zero-order valence-corrected chi connectivity index (χ0v) is 23.5. The Labute approximate surface area is 241 Å². The summed E-state index contributed by atoms with van der Waals surface area (Å²) in [6.45, 7) is 4.72. The molecule has 1 aromatic heterocycles. The molecule has 3 aromatic carbocycles. The lowest BCUT2D eigenvalue weighted by molar-refractivity contribution is 0.0767. The Hall–Kier alpha value is -3.90. The first-order valence-electron chi connectivity index (χ1n) is 14.2. The summed E-state index contributed by atoms with van der Waals surface area (Å²) >= 11 is 0. The second-order valence-corrected chi connectivity index (χ2v) is 11.6. The molecule has 9 heteroatoms. The maximum absolute atomic E-state index is 16.5. The molecule has 2 atom stereocenters. The van der Waals surface area contributed by atoms with E-state index in [1.54, 1.807) is 12.1 Å². The molecule has 0 radical (unpaired) electrons. The van der Waals surface area contributed by atoms with Gasteiger partial charge in [-0.3, -0.25) is 4.90 Å². The lowest BCUT2D eigenvalue weighted by atomic mass is 9.93. The Kier molecular flexibility index (Phi) is 7.44. The number of terminal acetylenes is 1. The summed E-state index contributed by atoms with van der Waals surface area (Å²) in [5, 5.41) is 0.810. The van der Waals surface area contributed by atoms with Crippen LogP contribution in [-0.2, 0) is 0 Å². The van der Waals surface area contributed by atoms with Crippen molar-refractivity contribution in [1.82, 2.24) is 14.9 Å². The molecule has 4 aromatic rings. The standard InChI is InChI=1S/C33H31F4N3O2/c1-4-22-25(35)10-9-20-7-5-8-23(27(20)22)28-26(36)15-24-30(29(28)37)38-32(39-31(24)41-17-19(2)3)42-18-33-12-6-14-40(33)21(16-34)11-13-33/h1,5,7-10,15,19,21H,6,11-14,16-18H2,2-3H3/t21-,33-/m0/s1. The van der Waals surface area contributed by atoms with Gasteiger partial charge in [0.2, 0.25) is 5.88 Å². The summed E-state index contributed by atoms with van der Waals surface area (Å²) in [6.07, 6.45) is 8.92. The molecule has 6 rings (SSSR count). The van der Waals surface area contributed by atoms with Crippen LogP contribution in [0.2, 0.25) is 0 Å². The summed E-state index contributed by atoms with van der Waals surface area (Å²) in [6, 6.07) is 8.44. The van der Waals surface area contributed by atoms with Gasteiger partial charge in [-0.15, -0.1) is 6.42 Å². The number of ether oxygens (including phenoxy) is 2. The third-order valence-corrected chi connectivity index (χ3v) is 8.47. The van der Waals surface area contributed by atoms with Crippen LogP contribution in [0.4, 0.5) is 17.6 Å². The second kappa shape index (κ2) is 11.1. The van der Waals surface area contributed by atoms with E-state index in [4.69, 9.17) is 15.9 Å². The van der Waals surface area contributed by atoms with Gasteiger partial charge in [0.25, 0.3) is 0 Å². The van der Waals surface area contributed by atoms with Gasteiger partial charge in [-0.1, -0.05) is 44.0 Å². The number of aromatic nitrogens is 2. The number of nitrogens with zero attached hydrogens (tertiary/aromatic N) is 3. The molecule has 3 heterocycles. The molecule has 2 aliphatic rings. The fourth-order valence-electron chi connectivity index (χ4n) is 6.49. The minimum absolute atomic E-state index is 0.00448. The number of rotatable bonds is 8. The van der Waals surface area contributed by atoms with E-state index >= 15 is 8.78 Å². The highest BCUT2D eigenvalue weighted by molar-refractivity contribution is 6.02. The molecule has 5 nitrogen and oxygen atoms in total. The molecule has 0 aliphatic carbocycles. The van der Waals surface area contributed by atoms with Gasteiger partial charge >= 0.3 is 6.01 Å². The molecule has 2 fully saturated rings. The fraction of sp³-hybridized carbons (Fsp3) is 0.394. The Morgan fingerprint density at radius 3 is 2.69 bits per heavy atom. The van der Waals surface area contributed by atoms with Crippen LogP contribution in [-0.4, -0.2) is 52.9 Å². The SMILES string of the molecule is C#Cc1c(F)ccc2cccc(-c3c(F)cc4c(OCC(C)C)nc(OC[C@@]56CCCN5[C@H](CF)CC6)nc4c3F)c12. The summed E-state index contributed by atoms with van der Waals surface area (Å²) in [4.78, 5) is 10.9. The molecule has 0 saturated carbocycles. The van der Waals surface area contributed by atoms with Crippen molar-refractivity contribution in [2.45, 2.75) is 51.1 Å². The normalized spacial score (nSPS) is 20.4. The minimum atomic E-state index is -0.967. The molecule has 0 N–H and O–H groups in total. The summed E-state index contributed by atoms with van der Waals surface area (Å²) in [5.41, 5.74) is -0.903. The van der Waals surface area contributed by atoms with Crippen LogP contribution >= 0.6 is 0 Å². The van der Waals surface area contributed by atoms with Crippen molar-refractivity contribution in [3.05, 3.63) is 59.4 Å². The van der Waals surface area contributed by atoms with E-state index in [0.717, 1.165) is 38.3 Å². The lowest BCUT2D eigenvalue weighted by Gasteiger charge is -2.33. The van der Waals surface area contributed by atoms with Gasteiger partial charge in [-0.05, 0) is 61.2 Å². The topological polar surface area (TPSA) is 47.5 Å². The van der Waals surface area contributed by atoms with E-state index in [-0.39, 0.29) is 70.0 Å². The number of hydrogen-bond acceptors (Lipinski definition) is 5. The van der Waals surface area contributed by atoms with E-state index in [1.165, 1.54) is 18.2 Å². The van der Waals surface area contributed by atoms with E-state index in [2.05, 4.69) is 20.8 Å². The van der Waals surface area contributed by atoms with Gasteiger partial charge in [0.1, 0.15) is 30.4 Å². The highest BCUT2D eigenvalue weighted by Gasteiger charge is 2.49. The highest BCUT2D eigenvalue weighted by atomic mass is 19.1. The van der Waals surface area contributed by atoms with E-state index in [1.807, 2.05) is 13.8 Å². The molecular formula is C33H31F4N3O2. The van der Waals surface area contributed by atoms with Crippen LogP contribution in [0.3, 0.4) is 0 Å². The zero-order valence-electron chi connectivity index (χ0n) is 23.5. The van der Waals surface area contributed by atoms with Crippen molar-refractivity contribution in [2.75, 3.05) is 26.4 Å². The second-order valence-electron chi connectivity index (χ2n) is 11.6. The third kappa shape index (κ3) is 4.72. The first kappa shape index (κ1) is 28.2. The number of fused-ring (bicyclic) bond motifs is 3. The number of halogens is 4.